The first-order valence-electron chi connectivity index (χ1n) is 6.86. The van der Waals surface area contributed by atoms with E-state index in [0.717, 1.165) is 42.4 Å². The van der Waals surface area contributed by atoms with Crippen LogP contribution < -0.4 is 0 Å². The molecule has 1 heterocycles. The van der Waals surface area contributed by atoms with Crippen molar-refractivity contribution >= 4 is 33.5 Å². The minimum atomic E-state index is -0.657. The monoisotopic (exact) mass is 359 g/mol. The van der Waals surface area contributed by atoms with E-state index in [-0.39, 0.29) is 0 Å². The Morgan fingerprint density at radius 2 is 2.30 bits per heavy atom. The van der Waals surface area contributed by atoms with E-state index in [9.17, 15) is 9.90 Å². The van der Waals surface area contributed by atoms with E-state index in [1.54, 1.807) is 0 Å². The van der Waals surface area contributed by atoms with Crippen LogP contribution in [0, 0.1) is 5.41 Å². The summed E-state index contributed by atoms with van der Waals surface area (Å²) in [5, 5.41) is 10.2. The quantitative estimate of drug-likeness (QED) is 0.856. The van der Waals surface area contributed by atoms with Crippen molar-refractivity contribution in [3.63, 3.8) is 0 Å². The number of aliphatic carboxylic acids is 1. The molecule has 1 unspecified atom stereocenters. The van der Waals surface area contributed by atoms with Crippen LogP contribution in [-0.4, -0.2) is 29.1 Å². The summed E-state index contributed by atoms with van der Waals surface area (Å²) >= 11 is 9.47. The van der Waals surface area contributed by atoms with Gasteiger partial charge >= 0.3 is 5.97 Å². The molecule has 0 bridgehead atoms. The predicted molar refractivity (Wildman–Crippen MR) is 84.0 cm³/mol. The average molecular weight is 361 g/mol. The smallest absolute Gasteiger partial charge is 0.310 e. The summed E-state index contributed by atoms with van der Waals surface area (Å²) in [5.74, 6) is -0.657. The number of benzene rings is 1. The molecule has 110 valence electrons. The zero-order valence-corrected chi connectivity index (χ0v) is 13.9. The molecule has 0 aliphatic carbocycles. The number of halogens is 2. The molecule has 1 aliphatic rings. The molecule has 1 atom stereocenters. The van der Waals surface area contributed by atoms with Crippen LogP contribution in [0.2, 0.25) is 5.02 Å². The van der Waals surface area contributed by atoms with E-state index in [1.807, 2.05) is 25.1 Å². The topological polar surface area (TPSA) is 40.5 Å². The molecule has 0 radical (unpaired) electrons. The molecule has 0 aromatic heterocycles. The average Bonchev–Trinajstić information content (AvgIpc) is 2.79. The van der Waals surface area contributed by atoms with Crippen LogP contribution in [0.1, 0.15) is 31.7 Å². The van der Waals surface area contributed by atoms with Crippen molar-refractivity contribution in [1.82, 2.24) is 4.90 Å². The van der Waals surface area contributed by atoms with Gasteiger partial charge in [-0.1, -0.05) is 31.0 Å². The standard InChI is InChI=1S/C15H19BrClNO2/c1-2-5-15(14(19)20)6-7-18(10-15)9-11-3-4-12(16)13(17)8-11/h3-4,8H,2,5-7,9-10H2,1H3,(H,19,20). The van der Waals surface area contributed by atoms with E-state index in [4.69, 9.17) is 11.6 Å². The maximum atomic E-state index is 11.6. The van der Waals surface area contributed by atoms with Crippen molar-refractivity contribution in [2.45, 2.75) is 32.7 Å². The molecule has 1 aromatic rings. The fourth-order valence-corrected chi connectivity index (χ4v) is 3.40. The summed E-state index contributed by atoms with van der Waals surface area (Å²) in [7, 11) is 0. The van der Waals surface area contributed by atoms with Crippen LogP contribution in [0.25, 0.3) is 0 Å². The highest BCUT2D eigenvalue weighted by Gasteiger charge is 2.43. The van der Waals surface area contributed by atoms with E-state index < -0.39 is 11.4 Å². The van der Waals surface area contributed by atoms with Gasteiger partial charge in [-0.05, 0) is 53.0 Å². The normalized spacial score (nSPS) is 23.1. The third kappa shape index (κ3) is 3.35. The second-order valence-corrected chi connectivity index (χ2v) is 6.81. The fraction of sp³-hybridized carbons (Fsp3) is 0.533. The minimum absolute atomic E-state index is 0.562. The lowest BCUT2D eigenvalue weighted by Crippen LogP contribution is -2.34. The highest BCUT2D eigenvalue weighted by Crippen LogP contribution is 2.36. The van der Waals surface area contributed by atoms with Crippen LogP contribution in [0.3, 0.4) is 0 Å². The summed E-state index contributed by atoms with van der Waals surface area (Å²) in [6.07, 6.45) is 2.39. The molecule has 5 heteroatoms. The molecule has 0 amide bonds. The summed E-state index contributed by atoms with van der Waals surface area (Å²) in [6, 6.07) is 5.90. The first-order chi connectivity index (χ1) is 9.47. The zero-order chi connectivity index (χ0) is 14.8. The van der Waals surface area contributed by atoms with Gasteiger partial charge in [0.25, 0.3) is 0 Å². The van der Waals surface area contributed by atoms with Crippen LogP contribution in [0.4, 0.5) is 0 Å². The van der Waals surface area contributed by atoms with Crippen LogP contribution >= 0.6 is 27.5 Å². The molecule has 20 heavy (non-hydrogen) atoms. The van der Waals surface area contributed by atoms with E-state index in [0.29, 0.717) is 11.6 Å². The molecular weight excluding hydrogens is 342 g/mol. The molecule has 0 saturated carbocycles. The molecule has 1 aliphatic heterocycles. The molecule has 3 nitrogen and oxygen atoms in total. The van der Waals surface area contributed by atoms with E-state index >= 15 is 0 Å². The number of carboxylic acids is 1. The first kappa shape index (κ1) is 15.8. The lowest BCUT2D eigenvalue weighted by atomic mass is 9.83. The van der Waals surface area contributed by atoms with Crippen LogP contribution in [-0.2, 0) is 11.3 Å². The molecule has 2 rings (SSSR count). The summed E-state index contributed by atoms with van der Waals surface area (Å²) < 4.78 is 0.884. The lowest BCUT2D eigenvalue weighted by Gasteiger charge is -2.24. The Labute approximate surface area is 133 Å². The second kappa shape index (κ2) is 6.46. The molecule has 1 N–H and O–H groups in total. The van der Waals surface area contributed by atoms with Crippen molar-refractivity contribution < 1.29 is 9.90 Å². The van der Waals surface area contributed by atoms with Gasteiger partial charge in [-0.15, -0.1) is 0 Å². The van der Waals surface area contributed by atoms with Gasteiger partial charge in [0.2, 0.25) is 0 Å². The third-order valence-corrected chi connectivity index (χ3v) is 5.24. The molecular formula is C15H19BrClNO2. The lowest BCUT2D eigenvalue weighted by molar-refractivity contribution is -0.148. The number of carbonyl (C=O) groups is 1. The molecule has 1 saturated heterocycles. The van der Waals surface area contributed by atoms with Crippen molar-refractivity contribution in [3.05, 3.63) is 33.3 Å². The highest BCUT2D eigenvalue weighted by atomic mass is 79.9. The molecule has 1 aromatic carbocycles. The number of hydrogen-bond acceptors (Lipinski definition) is 2. The van der Waals surface area contributed by atoms with Crippen molar-refractivity contribution in [2.24, 2.45) is 5.41 Å². The molecule has 0 spiro atoms. The van der Waals surface area contributed by atoms with Gasteiger partial charge in [0, 0.05) is 17.6 Å². The van der Waals surface area contributed by atoms with Crippen LogP contribution in [0.5, 0.6) is 0 Å². The number of nitrogens with zero attached hydrogens (tertiary/aromatic N) is 1. The van der Waals surface area contributed by atoms with Crippen molar-refractivity contribution in [3.8, 4) is 0 Å². The number of hydrogen-bond donors (Lipinski definition) is 1. The van der Waals surface area contributed by atoms with Gasteiger partial charge in [-0.25, -0.2) is 0 Å². The Hall–Kier alpha value is -0.580. The first-order valence-corrected chi connectivity index (χ1v) is 8.03. The van der Waals surface area contributed by atoms with Gasteiger partial charge in [0.05, 0.1) is 10.4 Å². The van der Waals surface area contributed by atoms with Gasteiger partial charge in [-0.3, -0.25) is 9.69 Å². The SMILES string of the molecule is CCCC1(C(=O)O)CCN(Cc2ccc(Br)c(Cl)c2)C1. The third-order valence-electron chi connectivity index (χ3n) is 4.01. The summed E-state index contributed by atoms with van der Waals surface area (Å²) in [4.78, 5) is 13.8. The number of rotatable bonds is 5. The predicted octanol–water partition coefficient (Wildman–Crippen LogP) is 4.18. The maximum absolute atomic E-state index is 11.6. The zero-order valence-electron chi connectivity index (χ0n) is 11.5. The van der Waals surface area contributed by atoms with E-state index in [1.165, 1.54) is 0 Å². The van der Waals surface area contributed by atoms with Crippen molar-refractivity contribution in [2.75, 3.05) is 13.1 Å². The number of likely N-dealkylation sites (tertiary alicyclic amines) is 1. The Balaban J connectivity index is 2.05. The summed E-state index contributed by atoms with van der Waals surface area (Å²) in [6.45, 7) is 4.26. The maximum Gasteiger partial charge on any atom is 0.310 e. The van der Waals surface area contributed by atoms with Crippen LogP contribution in [0.15, 0.2) is 22.7 Å². The second-order valence-electron chi connectivity index (χ2n) is 5.54. The van der Waals surface area contributed by atoms with Crippen molar-refractivity contribution in [1.29, 1.82) is 0 Å². The largest absolute Gasteiger partial charge is 0.481 e. The fourth-order valence-electron chi connectivity index (χ4n) is 2.95. The van der Waals surface area contributed by atoms with Gasteiger partial charge in [-0.2, -0.15) is 0 Å². The Kier molecular flexibility index (Phi) is 5.10. The van der Waals surface area contributed by atoms with E-state index in [2.05, 4.69) is 20.8 Å². The highest BCUT2D eigenvalue weighted by molar-refractivity contribution is 9.10. The Bertz CT molecular complexity index is 509. The summed E-state index contributed by atoms with van der Waals surface area (Å²) in [5.41, 5.74) is 0.560. The molecule has 1 fully saturated rings. The number of carboxylic acid groups (broad SMARTS) is 1. The van der Waals surface area contributed by atoms with Gasteiger partial charge in [0.1, 0.15) is 0 Å². The Morgan fingerprint density at radius 3 is 2.90 bits per heavy atom. The minimum Gasteiger partial charge on any atom is -0.481 e. The Morgan fingerprint density at radius 1 is 1.55 bits per heavy atom. The van der Waals surface area contributed by atoms with Gasteiger partial charge in [0.15, 0.2) is 0 Å². The van der Waals surface area contributed by atoms with Gasteiger partial charge < -0.3 is 5.11 Å².